The van der Waals surface area contributed by atoms with E-state index in [4.69, 9.17) is 0 Å². The van der Waals surface area contributed by atoms with Crippen LogP contribution in [0.5, 0.6) is 0 Å². The summed E-state index contributed by atoms with van der Waals surface area (Å²) in [5.74, 6) is -2.85. The van der Waals surface area contributed by atoms with Gasteiger partial charge >= 0.3 is 5.97 Å². The molecule has 106 valence electrons. The fraction of sp³-hybridized carbons (Fsp3) is 0.364. The summed E-state index contributed by atoms with van der Waals surface area (Å²) in [6, 6.07) is 2.10. The highest BCUT2D eigenvalue weighted by Gasteiger charge is 2.26. The van der Waals surface area contributed by atoms with Gasteiger partial charge in [-0.2, -0.15) is 4.31 Å². The highest BCUT2D eigenvalue weighted by Crippen LogP contribution is 2.19. The van der Waals surface area contributed by atoms with Crippen molar-refractivity contribution in [3.63, 3.8) is 0 Å². The zero-order valence-electron chi connectivity index (χ0n) is 10.4. The van der Waals surface area contributed by atoms with E-state index in [1.54, 1.807) is 6.92 Å². The predicted molar refractivity (Wildman–Crippen MR) is 62.8 cm³/mol. The van der Waals surface area contributed by atoms with Crippen molar-refractivity contribution in [1.82, 2.24) is 4.31 Å². The molecule has 0 heterocycles. The first-order valence-corrected chi connectivity index (χ1v) is 6.80. The molecule has 0 saturated heterocycles. The number of nitrogens with zero attached hydrogens (tertiary/aromatic N) is 1. The largest absolute Gasteiger partial charge is 0.465 e. The van der Waals surface area contributed by atoms with Crippen LogP contribution in [0.15, 0.2) is 23.1 Å². The number of halogens is 2. The smallest absolute Gasteiger partial charge is 0.321 e. The van der Waals surface area contributed by atoms with Gasteiger partial charge in [0.15, 0.2) is 0 Å². The van der Waals surface area contributed by atoms with Crippen LogP contribution in [0.4, 0.5) is 8.78 Å². The minimum atomic E-state index is -4.21. The van der Waals surface area contributed by atoms with E-state index in [2.05, 4.69) is 4.74 Å². The molecule has 0 aromatic heterocycles. The first-order valence-electron chi connectivity index (χ1n) is 5.36. The Hall–Kier alpha value is -1.54. The molecule has 1 aromatic carbocycles. The number of sulfonamides is 1. The highest BCUT2D eigenvalue weighted by atomic mass is 32.2. The number of rotatable bonds is 5. The molecule has 0 atom stereocenters. The summed E-state index contributed by atoms with van der Waals surface area (Å²) < 4.78 is 55.3. The van der Waals surface area contributed by atoms with E-state index >= 15 is 0 Å². The number of carbonyl (C=O) groups excluding carboxylic acids is 1. The minimum Gasteiger partial charge on any atom is -0.465 e. The van der Waals surface area contributed by atoms with Crippen molar-refractivity contribution < 1.29 is 26.7 Å². The average molecular weight is 293 g/mol. The molecule has 0 unspecified atom stereocenters. The number of hydrogen-bond acceptors (Lipinski definition) is 4. The Balaban J connectivity index is 3.00. The van der Waals surface area contributed by atoms with E-state index in [9.17, 15) is 22.0 Å². The van der Waals surface area contributed by atoms with Crippen molar-refractivity contribution in [2.75, 3.05) is 20.2 Å². The van der Waals surface area contributed by atoms with E-state index in [1.807, 2.05) is 0 Å². The maximum Gasteiger partial charge on any atom is 0.321 e. The van der Waals surface area contributed by atoms with Crippen LogP contribution >= 0.6 is 0 Å². The molecule has 19 heavy (non-hydrogen) atoms. The standard InChI is InChI=1S/C11H13F2NO4S/c1-3-18-11(15)7-14(2)19(16,17)10-5-4-8(12)6-9(10)13/h4-6H,3,7H2,1-2H3. The second-order valence-corrected chi connectivity index (χ2v) is 5.65. The summed E-state index contributed by atoms with van der Waals surface area (Å²) in [6.07, 6.45) is 0. The van der Waals surface area contributed by atoms with Crippen molar-refractivity contribution in [1.29, 1.82) is 0 Å². The molecule has 0 saturated carbocycles. The van der Waals surface area contributed by atoms with E-state index in [0.717, 1.165) is 19.2 Å². The maximum absolute atomic E-state index is 13.4. The van der Waals surface area contributed by atoms with Gasteiger partial charge in [0.1, 0.15) is 23.1 Å². The van der Waals surface area contributed by atoms with Gasteiger partial charge in [0.2, 0.25) is 10.0 Å². The van der Waals surface area contributed by atoms with Crippen LogP contribution in [0.2, 0.25) is 0 Å². The highest BCUT2D eigenvalue weighted by molar-refractivity contribution is 7.89. The molecule has 0 aliphatic carbocycles. The number of hydrogen-bond donors (Lipinski definition) is 0. The first kappa shape index (κ1) is 15.5. The third-order valence-corrected chi connectivity index (χ3v) is 4.08. The number of carbonyl (C=O) groups is 1. The van der Waals surface area contributed by atoms with E-state index in [-0.39, 0.29) is 6.61 Å². The number of likely N-dealkylation sites (N-methyl/N-ethyl adjacent to an activating group) is 1. The van der Waals surface area contributed by atoms with Crippen LogP contribution in [0, 0.1) is 11.6 Å². The van der Waals surface area contributed by atoms with Gasteiger partial charge in [0.25, 0.3) is 0 Å². The van der Waals surface area contributed by atoms with E-state index < -0.39 is 39.1 Å². The Morgan fingerprint density at radius 2 is 2.00 bits per heavy atom. The van der Waals surface area contributed by atoms with Gasteiger partial charge in [0.05, 0.1) is 6.61 Å². The third kappa shape index (κ3) is 3.71. The zero-order valence-corrected chi connectivity index (χ0v) is 11.2. The molecule has 0 fully saturated rings. The zero-order chi connectivity index (χ0) is 14.6. The molecule has 0 spiro atoms. The van der Waals surface area contributed by atoms with E-state index in [1.165, 1.54) is 0 Å². The van der Waals surface area contributed by atoms with Crippen LogP contribution in [0.3, 0.4) is 0 Å². The topological polar surface area (TPSA) is 63.7 Å². The van der Waals surface area contributed by atoms with Crippen molar-refractivity contribution >= 4 is 16.0 Å². The molecular formula is C11H13F2NO4S. The Morgan fingerprint density at radius 3 is 2.53 bits per heavy atom. The van der Waals surface area contributed by atoms with Gasteiger partial charge in [-0.25, -0.2) is 17.2 Å². The molecule has 0 radical (unpaired) electrons. The summed E-state index contributed by atoms with van der Waals surface area (Å²) in [5, 5.41) is 0. The molecule has 0 aliphatic rings. The SMILES string of the molecule is CCOC(=O)CN(C)S(=O)(=O)c1ccc(F)cc1F. The summed E-state index contributed by atoms with van der Waals surface area (Å²) in [6.45, 7) is 1.14. The second kappa shape index (κ2) is 6.07. The molecule has 1 aromatic rings. The van der Waals surface area contributed by atoms with Crippen molar-refractivity contribution in [3.05, 3.63) is 29.8 Å². The van der Waals surface area contributed by atoms with Crippen LogP contribution < -0.4 is 0 Å². The summed E-state index contributed by atoms with van der Waals surface area (Å²) in [7, 11) is -3.10. The monoisotopic (exact) mass is 293 g/mol. The molecule has 5 nitrogen and oxygen atoms in total. The molecule has 0 bridgehead atoms. The predicted octanol–water partition coefficient (Wildman–Crippen LogP) is 1.15. The van der Waals surface area contributed by atoms with Crippen LogP contribution in [-0.4, -0.2) is 38.9 Å². The summed E-state index contributed by atoms with van der Waals surface area (Å²) in [5.41, 5.74) is 0. The lowest BCUT2D eigenvalue weighted by molar-refractivity contribution is -0.143. The Kier molecular flexibility index (Phi) is 4.96. The Morgan fingerprint density at radius 1 is 1.37 bits per heavy atom. The number of benzene rings is 1. The molecule has 0 N–H and O–H groups in total. The van der Waals surface area contributed by atoms with Crippen molar-refractivity contribution in [2.45, 2.75) is 11.8 Å². The van der Waals surface area contributed by atoms with Gasteiger partial charge in [-0.3, -0.25) is 4.79 Å². The van der Waals surface area contributed by atoms with Crippen molar-refractivity contribution in [3.8, 4) is 0 Å². The van der Waals surface area contributed by atoms with Gasteiger partial charge in [-0.1, -0.05) is 0 Å². The van der Waals surface area contributed by atoms with Crippen LogP contribution in [-0.2, 0) is 19.6 Å². The quantitative estimate of drug-likeness (QED) is 0.764. The molecular weight excluding hydrogens is 280 g/mol. The maximum atomic E-state index is 13.4. The first-order chi connectivity index (χ1) is 8.78. The lowest BCUT2D eigenvalue weighted by Gasteiger charge is -2.16. The van der Waals surface area contributed by atoms with Gasteiger partial charge in [-0.05, 0) is 19.1 Å². The van der Waals surface area contributed by atoms with Gasteiger partial charge < -0.3 is 4.74 Å². The molecule has 0 amide bonds. The fourth-order valence-corrected chi connectivity index (χ4v) is 2.48. The average Bonchev–Trinajstić information content (AvgIpc) is 2.28. The molecule has 0 aliphatic heterocycles. The Labute approximate surface area is 109 Å². The van der Waals surface area contributed by atoms with Gasteiger partial charge in [0, 0.05) is 13.1 Å². The van der Waals surface area contributed by atoms with Crippen molar-refractivity contribution in [2.24, 2.45) is 0 Å². The second-order valence-electron chi connectivity index (χ2n) is 3.64. The van der Waals surface area contributed by atoms with Crippen LogP contribution in [0.25, 0.3) is 0 Å². The lowest BCUT2D eigenvalue weighted by Crippen LogP contribution is -2.33. The number of esters is 1. The third-order valence-electron chi connectivity index (χ3n) is 2.24. The number of ether oxygens (including phenoxy) is 1. The van der Waals surface area contributed by atoms with E-state index in [0.29, 0.717) is 10.4 Å². The Bertz CT molecular complexity index is 574. The van der Waals surface area contributed by atoms with Crippen LogP contribution in [0.1, 0.15) is 6.92 Å². The molecule has 8 heteroatoms. The normalized spacial score (nSPS) is 11.6. The summed E-state index contributed by atoms with van der Waals surface area (Å²) in [4.78, 5) is 10.5. The minimum absolute atomic E-state index is 0.109. The molecule has 1 rings (SSSR count). The van der Waals surface area contributed by atoms with Gasteiger partial charge in [-0.15, -0.1) is 0 Å². The fourth-order valence-electron chi connectivity index (χ4n) is 1.33. The summed E-state index contributed by atoms with van der Waals surface area (Å²) >= 11 is 0. The lowest BCUT2D eigenvalue weighted by atomic mass is 10.3.